The predicted octanol–water partition coefficient (Wildman–Crippen LogP) is 2.35. The van der Waals surface area contributed by atoms with Gasteiger partial charge in [0.15, 0.2) is 0 Å². The zero-order chi connectivity index (χ0) is 14.8. The third-order valence-electron chi connectivity index (χ3n) is 4.35. The van der Waals surface area contributed by atoms with Crippen molar-refractivity contribution in [2.45, 2.75) is 32.4 Å². The number of amides is 1. The van der Waals surface area contributed by atoms with Crippen LogP contribution >= 0.6 is 0 Å². The summed E-state index contributed by atoms with van der Waals surface area (Å²) in [5.41, 5.74) is 1.34. The molecule has 1 aromatic heterocycles. The number of fused-ring (bicyclic) bond motifs is 1. The molecule has 1 saturated heterocycles. The minimum absolute atomic E-state index is 0.0897. The van der Waals surface area contributed by atoms with Gasteiger partial charge in [0.1, 0.15) is 5.69 Å². The molecular formula is C17H21N3O. The van der Waals surface area contributed by atoms with Gasteiger partial charge in [0.2, 0.25) is 0 Å². The fourth-order valence-corrected chi connectivity index (χ4v) is 3.02. The molecule has 1 aliphatic heterocycles. The average molecular weight is 283 g/mol. The van der Waals surface area contributed by atoms with E-state index in [0.29, 0.717) is 11.6 Å². The van der Waals surface area contributed by atoms with E-state index >= 15 is 0 Å². The van der Waals surface area contributed by atoms with Crippen LogP contribution in [0.25, 0.3) is 10.9 Å². The van der Waals surface area contributed by atoms with Gasteiger partial charge in [-0.25, -0.2) is 4.98 Å². The van der Waals surface area contributed by atoms with Crippen LogP contribution in [0.15, 0.2) is 36.4 Å². The Morgan fingerprint density at radius 1 is 1.24 bits per heavy atom. The third-order valence-corrected chi connectivity index (χ3v) is 4.35. The van der Waals surface area contributed by atoms with Crippen LogP contribution in [0, 0.1) is 5.92 Å². The minimum Gasteiger partial charge on any atom is -0.346 e. The number of carbonyl (C=O) groups is 1. The summed E-state index contributed by atoms with van der Waals surface area (Å²) < 4.78 is 0. The number of carbonyl (C=O) groups excluding carboxylic acids is 1. The number of hydrogen-bond donors (Lipinski definition) is 2. The van der Waals surface area contributed by atoms with E-state index in [4.69, 9.17) is 0 Å². The second kappa shape index (κ2) is 5.82. The molecule has 0 bridgehead atoms. The number of para-hydroxylation sites is 1. The maximum absolute atomic E-state index is 12.4. The molecule has 0 radical (unpaired) electrons. The number of benzene rings is 1. The first kappa shape index (κ1) is 14.0. The van der Waals surface area contributed by atoms with Crippen molar-refractivity contribution in [2.75, 3.05) is 6.54 Å². The number of hydrogen-bond acceptors (Lipinski definition) is 3. The summed E-state index contributed by atoms with van der Waals surface area (Å²) in [5.74, 6) is 0.388. The first-order valence-electron chi connectivity index (χ1n) is 7.55. The van der Waals surface area contributed by atoms with Crippen molar-refractivity contribution in [3.05, 3.63) is 42.1 Å². The standard InChI is InChI=1S/C17H21N3O/c1-11-9-10-18-12(2)16(11)20-17(21)15-8-7-13-5-3-4-6-14(13)19-15/h3-8,11-12,16,18H,9-10H2,1-2H3,(H,20,21). The van der Waals surface area contributed by atoms with Crippen molar-refractivity contribution in [1.82, 2.24) is 15.6 Å². The molecule has 2 heterocycles. The maximum Gasteiger partial charge on any atom is 0.270 e. The van der Waals surface area contributed by atoms with Crippen molar-refractivity contribution in [1.29, 1.82) is 0 Å². The van der Waals surface area contributed by atoms with Crippen molar-refractivity contribution in [3.8, 4) is 0 Å². The van der Waals surface area contributed by atoms with Crippen LogP contribution in [0.2, 0.25) is 0 Å². The highest BCUT2D eigenvalue weighted by Gasteiger charge is 2.29. The quantitative estimate of drug-likeness (QED) is 0.889. The van der Waals surface area contributed by atoms with E-state index < -0.39 is 0 Å². The van der Waals surface area contributed by atoms with E-state index in [0.717, 1.165) is 23.9 Å². The third kappa shape index (κ3) is 2.90. The van der Waals surface area contributed by atoms with Crippen LogP contribution in [-0.2, 0) is 0 Å². The molecule has 3 atom stereocenters. The second-order valence-electron chi connectivity index (χ2n) is 5.90. The van der Waals surface area contributed by atoms with Crippen LogP contribution in [0.4, 0.5) is 0 Å². The number of pyridine rings is 1. The van der Waals surface area contributed by atoms with E-state index in [2.05, 4.69) is 29.5 Å². The lowest BCUT2D eigenvalue weighted by atomic mass is 9.89. The second-order valence-corrected chi connectivity index (χ2v) is 5.90. The topological polar surface area (TPSA) is 54.0 Å². The van der Waals surface area contributed by atoms with E-state index in [1.165, 1.54) is 0 Å². The lowest BCUT2D eigenvalue weighted by molar-refractivity contribution is 0.0893. The molecule has 2 N–H and O–H groups in total. The van der Waals surface area contributed by atoms with Crippen molar-refractivity contribution < 1.29 is 4.79 Å². The van der Waals surface area contributed by atoms with Crippen LogP contribution in [0.1, 0.15) is 30.8 Å². The van der Waals surface area contributed by atoms with Crippen LogP contribution in [-0.4, -0.2) is 29.5 Å². The fraction of sp³-hybridized carbons (Fsp3) is 0.412. The summed E-state index contributed by atoms with van der Waals surface area (Å²) in [7, 11) is 0. The number of aromatic nitrogens is 1. The van der Waals surface area contributed by atoms with E-state index in [1.807, 2.05) is 30.3 Å². The van der Waals surface area contributed by atoms with Gasteiger partial charge >= 0.3 is 0 Å². The zero-order valence-electron chi connectivity index (χ0n) is 12.5. The summed E-state index contributed by atoms with van der Waals surface area (Å²) in [4.78, 5) is 16.9. The summed E-state index contributed by atoms with van der Waals surface area (Å²) in [5, 5.41) is 7.60. The van der Waals surface area contributed by atoms with E-state index in [-0.39, 0.29) is 18.0 Å². The molecule has 4 nitrogen and oxygen atoms in total. The summed E-state index contributed by atoms with van der Waals surface area (Å²) in [6.07, 6.45) is 1.08. The van der Waals surface area contributed by atoms with Gasteiger partial charge in [-0.05, 0) is 37.9 Å². The molecule has 0 saturated carbocycles. The number of rotatable bonds is 2. The highest BCUT2D eigenvalue weighted by atomic mass is 16.1. The Morgan fingerprint density at radius 2 is 2.05 bits per heavy atom. The maximum atomic E-state index is 12.4. The van der Waals surface area contributed by atoms with Crippen molar-refractivity contribution in [2.24, 2.45) is 5.92 Å². The monoisotopic (exact) mass is 283 g/mol. The molecule has 1 aromatic carbocycles. The van der Waals surface area contributed by atoms with Crippen LogP contribution in [0.3, 0.4) is 0 Å². The SMILES string of the molecule is CC1CCNC(C)C1NC(=O)c1ccc2ccccc2n1. The highest BCUT2D eigenvalue weighted by molar-refractivity contribution is 5.95. The van der Waals surface area contributed by atoms with Gasteiger partial charge < -0.3 is 10.6 Å². The molecule has 3 unspecified atom stereocenters. The summed E-state index contributed by atoms with van der Waals surface area (Å²) in [6, 6.07) is 12.0. The van der Waals surface area contributed by atoms with E-state index in [9.17, 15) is 4.79 Å². The summed E-state index contributed by atoms with van der Waals surface area (Å²) >= 11 is 0. The zero-order valence-corrected chi connectivity index (χ0v) is 12.5. The molecule has 4 heteroatoms. The molecule has 0 aliphatic carbocycles. The van der Waals surface area contributed by atoms with Gasteiger partial charge in [-0.2, -0.15) is 0 Å². The summed E-state index contributed by atoms with van der Waals surface area (Å²) in [6.45, 7) is 5.33. The fourth-order valence-electron chi connectivity index (χ4n) is 3.02. The van der Waals surface area contributed by atoms with Crippen LogP contribution < -0.4 is 10.6 Å². The van der Waals surface area contributed by atoms with Crippen molar-refractivity contribution >= 4 is 16.8 Å². The molecule has 3 rings (SSSR count). The molecule has 21 heavy (non-hydrogen) atoms. The largest absolute Gasteiger partial charge is 0.346 e. The Balaban J connectivity index is 1.80. The molecule has 110 valence electrons. The molecular weight excluding hydrogens is 262 g/mol. The molecule has 0 spiro atoms. The molecule has 1 amide bonds. The lowest BCUT2D eigenvalue weighted by Gasteiger charge is -2.35. The average Bonchev–Trinajstić information content (AvgIpc) is 2.50. The lowest BCUT2D eigenvalue weighted by Crippen LogP contribution is -2.56. The molecule has 1 fully saturated rings. The molecule has 2 aromatic rings. The van der Waals surface area contributed by atoms with E-state index in [1.54, 1.807) is 6.07 Å². The number of nitrogens with zero attached hydrogens (tertiary/aromatic N) is 1. The first-order chi connectivity index (χ1) is 10.1. The normalized spacial score (nSPS) is 25.7. The Labute approximate surface area is 125 Å². The number of nitrogens with one attached hydrogen (secondary N) is 2. The predicted molar refractivity (Wildman–Crippen MR) is 84.2 cm³/mol. The Kier molecular flexibility index (Phi) is 3.88. The minimum atomic E-state index is -0.0897. The van der Waals surface area contributed by atoms with Gasteiger partial charge in [-0.1, -0.05) is 31.2 Å². The molecule has 1 aliphatic rings. The van der Waals surface area contributed by atoms with Gasteiger partial charge in [-0.3, -0.25) is 4.79 Å². The Morgan fingerprint density at radius 3 is 2.86 bits per heavy atom. The highest BCUT2D eigenvalue weighted by Crippen LogP contribution is 2.17. The Bertz CT molecular complexity index is 645. The van der Waals surface area contributed by atoms with Crippen molar-refractivity contribution in [3.63, 3.8) is 0 Å². The first-order valence-corrected chi connectivity index (χ1v) is 7.55. The Hall–Kier alpha value is -1.94. The number of piperidine rings is 1. The van der Waals surface area contributed by atoms with Crippen LogP contribution in [0.5, 0.6) is 0 Å². The van der Waals surface area contributed by atoms with Gasteiger partial charge in [-0.15, -0.1) is 0 Å². The van der Waals surface area contributed by atoms with Gasteiger partial charge in [0.25, 0.3) is 5.91 Å². The smallest absolute Gasteiger partial charge is 0.270 e. The van der Waals surface area contributed by atoms with Gasteiger partial charge in [0.05, 0.1) is 5.52 Å². The van der Waals surface area contributed by atoms with Gasteiger partial charge in [0, 0.05) is 17.5 Å².